The molecule has 1 saturated carbocycles. The summed E-state index contributed by atoms with van der Waals surface area (Å²) in [4.78, 5) is 8.32. The molecule has 2 atom stereocenters. The van der Waals surface area contributed by atoms with Gasteiger partial charge in [-0.05, 0) is 36.8 Å². The molecule has 2 aromatic rings. The lowest BCUT2D eigenvalue weighted by atomic mass is 10.1. The highest BCUT2D eigenvalue weighted by molar-refractivity contribution is 5.64. The summed E-state index contributed by atoms with van der Waals surface area (Å²) in [5.41, 5.74) is 3.70. The van der Waals surface area contributed by atoms with Crippen molar-refractivity contribution in [1.82, 2.24) is 20.2 Å². The van der Waals surface area contributed by atoms with Crippen LogP contribution in [0.2, 0.25) is 0 Å². The van der Waals surface area contributed by atoms with Gasteiger partial charge >= 0.3 is 6.01 Å². The second-order valence-corrected chi connectivity index (χ2v) is 5.37. The summed E-state index contributed by atoms with van der Waals surface area (Å²) >= 11 is 0. The topological polar surface area (TPSA) is 70.0 Å². The zero-order valence-corrected chi connectivity index (χ0v) is 12.6. The number of methoxy groups -OCH3 is 2. The molecule has 110 valence electrons. The van der Waals surface area contributed by atoms with Gasteiger partial charge in [-0.25, -0.2) is 4.98 Å². The van der Waals surface area contributed by atoms with Gasteiger partial charge in [0.15, 0.2) is 0 Å². The van der Waals surface area contributed by atoms with E-state index in [9.17, 15) is 0 Å². The number of hydrogen-bond donors (Lipinski definition) is 0. The molecule has 21 heavy (non-hydrogen) atoms. The Bertz CT molecular complexity index is 675. The van der Waals surface area contributed by atoms with E-state index in [1.54, 1.807) is 13.3 Å². The normalized spacial score (nSPS) is 20.2. The van der Waals surface area contributed by atoms with Gasteiger partial charge in [0.25, 0.3) is 0 Å². The lowest BCUT2D eigenvalue weighted by Gasteiger charge is -2.09. The Kier molecular flexibility index (Phi) is 3.45. The maximum atomic E-state index is 5.31. The fourth-order valence-electron chi connectivity index (χ4n) is 2.51. The minimum Gasteiger partial charge on any atom is -0.480 e. The number of aromatic nitrogens is 4. The smallest absolute Gasteiger partial charge is 0.319 e. The monoisotopic (exact) mass is 286 g/mol. The van der Waals surface area contributed by atoms with Gasteiger partial charge in [0.05, 0.1) is 25.5 Å². The summed E-state index contributed by atoms with van der Waals surface area (Å²) in [6.07, 6.45) is 2.87. The molecular weight excluding hydrogens is 268 g/mol. The second kappa shape index (κ2) is 5.27. The number of rotatable bonds is 4. The van der Waals surface area contributed by atoms with Gasteiger partial charge in [0.1, 0.15) is 5.69 Å². The van der Waals surface area contributed by atoms with Crippen molar-refractivity contribution >= 4 is 0 Å². The predicted octanol–water partition coefficient (Wildman–Crippen LogP) is 2.38. The van der Waals surface area contributed by atoms with E-state index in [2.05, 4.69) is 33.2 Å². The van der Waals surface area contributed by atoms with Crippen molar-refractivity contribution in [2.45, 2.75) is 26.2 Å². The first-order chi connectivity index (χ1) is 10.1. The minimum absolute atomic E-state index is 0.270. The second-order valence-electron chi connectivity index (χ2n) is 5.37. The fraction of sp³-hybridized carbons (Fsp3) is 0.467. The Hall–Kier alpha value is -2.24. The first-order valence-electron chi connectivity index (χ1n) is 6.93. The first kappa shape index (κ1) is 13.7. The molecule has 1 fully saturated rings. The van der Waals surface area contributed by atoms with Crippen molar-refractivity contribution in [3.63, 3.8) is 0 Å². The molecule has 0 radical (unpaired) electrons. The van der Waals surface area contributed by atoms with Crippen LogP contribution < -0.4 is 9.47 Å². The van der Waals surface area contributed by atoms with E-state index < -0.39 is 0 Å². The highest BCUT2D eigenvalue weighted by Gasteiger charge is 2.35. The molecule has 0 bridgehead atoms. The molecule has 0 N–H and O–H groups in total. The third-order valence-corrected chi connectivity index (χ3v) is 3.91. The van der Waals surface area contributed by atoms with Crippen LogP contribution in [0.1, 0.15) is 30.5 Å². The molecule has 6 heteroatoms. The van der Waals surface area contributed by atoms with Crippen molar-refractivity contribution in [2.24, 2.45) is 5.92 Å². The van der Waals surface area contributed by atoms with E-state index in [0.717, 1.165) is 22.9 Å². The summed E-state index contributed by atoms with van der Waals surface area (Å²) in [6.45, 7) is 4.25. The molecule has 1 aliphatic rings. The van der Waals surface area contributed by atoms with Gasteiger partial charge in [-0.1, -0.05) is 6.92 Å². The Morgan fingerprint density at radius 3 is 2.57 bits per heavy atom. The molecule has 1 unspecified atom stereocenters. The highest BCUT2D eigenvalue weighted by Crippen LogP contribution is 2.48. The molecule has 0 saturated heterocycles. The van der Waals surface area contributed by atoms with Crippen molar-refractivity contribution in [2.75, 3.05) is 14.2 Å². The lowest BCUT2D eigenvalue weighted by molar-refractivity contribution is 0.353. The maximum Gasteiger partial charge on any atom is 0.319 e. The largest absolute Gasteiger partial charge is 0.480 e. The van der Waals surface area contributed by atoms with Crippen LogP contribution in [0, 0.1) is 12.8 Å². The Morgan fingerprint density at radius 1 is 1.19 bits per heavy atom. The number of nitrogens with zero attached hydrogens (tertiary/aromatic N) is 4. The molecule has 0 aromatic carbocycles. The van der Waals surface area contributed by atoms with Crippen LogP contribution in [0.25, 0.3) is 11.3 Å². The van der Waals surface area contributed by atoms with Crippen molar-refractivity contribution in [3.05, 3.63) is 23.5 Å². The van der Waals surface area contributed by atoms with Crippen LogP contribution in [0.4, 0.5) is 0 Å². The minimum atomic E-state index is 0.270. The zero-order chi connectivity index (χ0) is 15.0. The van der Waals surface area contributed by atoms with E-state index in [1.165, 1.54) is 19.1 Å². The third kappa shape index (κ3) is 2.53. The average Bonchev–Trinajstić information content (AvgIpc) is 3.24. The van der Waals surface area contributed by atoms with Crippen molar-refractivity contribution in [1.29, 1.82) is 0 Å². The molecule has 0 amide bonds. The average molecular weight is 286 g/mol. The molecule has 0 spiro atoms. The Morgan fingerprint density at radius 2 is 1.95 bits per heavy atom. The van der Waals surface area contributed by atoms with Gasteiger partial charge < -0.3 is 9.47 Å². The molecule has 6 nitrogen and oxygen atoms in total. The van der Waals surface area contributed by atoms with Gasteiger partial charge in [-0.3, -0.25) is 0 Å². The summed E-state index contributed by atoms with van der Waals surface area (Å²) < 4.78 is 10.3. The molecule has 1 aliphatic carbocycles. The van der Waals surface area contributed by atoms with Crippen LogP contribution in [0.15, 0.2) is 12.3 Å². The Labute approximate surface area is 123 Å². The molecule has 2 aromatic heterocycles. The standard InChI is InChI=1S/C15H18N4O2/c1-8-5-10(8)11-6-13(19-18-9(11)2)12-7-16-15(21-4)17-14(12)20-3/h6-8,10H,5H2,1-4H3/t8-,10?/m0/s1. The molecule has 3 rings (SSSR count). The van der Waals surface area contributed by atoms with Crippen LogP contribution in [-0.2, 0) is 0 Å². The van der Waals surface area contributed by atoms with Crippen molar-refractivity contribution in [3.8, 4) is 23.1 Å². The van der Waals surface area contributed by atoms with E-state index in [0.29, 0.717) is 11.8 Å². The van der Waals surface area contributed by atoms with Crippen LogP contribution in [0.3, 0.4) is 0 Å². The molecular formula is C15H18N4O2. The number of ether oxygens (including phenoxy) is 2. The summed E-state index contributed by atoms with van der Waals surface area (Å²) in [5.74, 6) is 1.74. The highest BCUT2D eigenvalue weighted by atomic mass is 16.5. The third-order valence-electron chi connectivity index (χ3n) is 3.91. The van der Waals surface area contributed by atoms with Crippen LogP contribution in [0.5, 0.6) is 11.9 Å². The van der Waals surface area contributed by atoms with Gasteiger partial charge in [-0.15, -0.1) is 5.10 Å². The molecule has 0 aliphatic heterocycles. The van der Waals surface area contributed by atoms with E-state index in [-0.39, 0.29) is 6.01 Å². The first-order valence-corrected chi connectivity index (χ1v) is 6.93. The SMILES string of the molecule is COc1ncc(-c2cc(C3C[C@@H]3C)c(C)nn2)c(OC)n1. The van der Waals surface area contributed by atoms with Gasteiger partial charge in [0, 0.05) is 6.20 Å². The van der Waals surface area contributed by atoms with Crippen LogP contribution >= 0.6 is 0 Å². The maximum absolute atomic E-state index is 5.31. The van der Waals surface area contributed by atoms with Crippen molar-refractivity contribution < 1.29 is 9.47 Å². The summed E-state index contributed by atoms with van der Waals surface area (Å²) in [6, 6.07) is 2.34. The lowest BCUT2D eigenvalue weighted by Crippen LogP contribution is -2.01. The zero-order valence-electron chi connectivity index (χ0n) is 12.6. The van der Waals surface area contributed by atoms with E-state index >= 15 is 0 Å². The predicted molar refractivity (Wildman–Crippen MR) is 77.4 cm³/mol. The Balaban J connectivity index is 2.04. The summed E-state index contributed by atoms with van der Waals surface area (Å²) in [7, 11) is 3.09. The van der Waals surface area contributed by atoms with Gasteiger partial charge in [-0.2, -0.15) is 10.1 Å². The fourth-order valence-corrected chi connectivity index (χ4v) is 2.51. The van der Waals surface area contributed by atoms with E-state index in [4.69, 9.17) is 9.47 Å². The van der Waals surface area contributed by atoms with Gasteiger partial charge in [0.2, 0.25) is 5.88 Å². The quantitative estimate of drug-likeness (QED) is 0.859. The molecule has 2 heterocycles. The summed E-state index contributed by atoms with van der Waals surface area (Å²) in [5, 5.41) is 8.53. The number of hydrogen-bond acceptors (Lipinski definition) is 6. The van der Waals surface area contributed by atoms with Crippen LogP contribution in [-0.4, -0.2) is 34.4 Å². The van der Waals surface area contributed by atoms with E-state index in [1.807, 2.05) is 6.92 Å². The number of aryl methyl sites for hydroxylation is 1.